The quantitative estimate of drug-likeness (QED) is 0.584. The molecule has 4 rings (SSSR count). The van der Waals surface area contributed by atoms with Gasteiger partial charge in [-0.25, -0.2) is 4.98 Å². The van der Waals surface area contributed by atoms with E-state index in [2.05, 4.69) is 25.9 Å². The minimum Gasteiger partial charge on any atom is -0.269 e. The number of hydrogen-bond acceptors (Lipinski definition) is 4. The fourth-order valence-corrected chi connectivity index (χ4v) is 3.69. The molecule has 0 aliphatic carbocycles. The molecule has 0 radical (unpaired) electrons. The number of nitrogens with zero attached hydrogens (tertiary/aromatic N) is 3. The maximum atomic E-state index is 13.0. The predicted molar refractivity (Wildman–Crippen MR) is 100.0 cm³/mol. The molecule has 2 heterocycles. The van der Waals surface area contributed by atoms with Crippen molar-refractivity contribution in [1.29, 1.82) is 0 Å². The molecule has 26 heavy (non-hydrogen) atoms. The van der Waals surface area contributed by atoms with Crippen LogP contribution in [0.4, 0.5) is 0 Å². The number of fused-ring (bicyclic) bond motifs is 1. The van der Waals surface area contributed by atoms with Gasteiger partial charge in [0.2, 0.25) is 0 Å². The maximum Gasteiger partial charge on any atom is 0.262 e. The van der Waals surface area contributed by atoms with Gasteiger partial charge in [-0.1, -0.05) is 51.8 Å². The molecule has 7 heteroatoms. The molecule has 3 aromatic rings. The van der Waals surface area contributed by atoms with E-state index in [0.717, 1.165) is 4.47 Å². The Hall–Kier alpha value is -2.57. The van der Waals surface area contributed by atoms with Gasteiger partial charge in [0.25, 0.3) is 11.8 Å². The normalized spacial score (nSPS) is 14.5. The highest BCUT2D eigenvalue weighted by Gasteiger charge is 2.42. The predicted octanol–water partition coefficient (Wildman–Crippen LogP) is 4.28. The molecule has 2 aromatic carbocycles. The van der Waals surface area contributed by atoms with Crippen LogP contribution in [0.25, 0.3) is 0 Å². The molecular weight excluding hydrogens is 418 g/mol. The lowest BCUT2D eigenvalue weighted by Gasteiger charge is -2.26. The highest BCUT2D eigenvalue weighted by atomic mass is 79.9. The van der Waals surface area contributed by atoms with Crippen LogP contribution in [-0.4, -0.2) is 26.7 Å². The molecule has 2 amide bonds. The van der Waals surface area contributed by atoms with E-state index in [0.29, 0.717) is 22.4 Å². The van der Waals surface area contributed by atoms with Crippen LogP contribution in [0.5, 0.6) is 0 Å². The Balaban J connectivity index is 1.92. The van der Waals surface area contributed by atoms with Crippen molar-refractivity contribution in [2.45, 2.75) is 6.04 Å². The van der Waals surface area contributed by atoms with E-state index in [1.54, 1.807) is 24.3 Å². The number of carbonyl (C=O) groups is 2. The summed E-state index contributed by atoms with van der Waals surface area (Å²) in [5.41, 5.74) is 1.80. The summed E-state index contributed by atoms with van der Waals surface area (Å²) in [7, 11) is 0. The van der Waals surface area contributed by atoms with E-state index < -0.39 is 6.04 Å². The van der Waals surface area contributed by atoms with Crippen LogP contribution in [0.2, 0.25) is 5.15 Å². The lowest BCUT2D eigenvalue weighted by molar-refractivity contribution is 0.0606. The smallest absolute Gasteiger partial charge is 0.262 e. The first kappa shape index (κ1) is 16.9. The molecule has 1 aliphatic rings. The fourth-order valence-electron chi connectivity index (χ4n) is 3.06. The number of halogens is 2. The van der Waals surface area contributed by atoms with Gasteiger partial charge >= 0.3 is 0 Å². The summed E-state index contributed by atoms with van der Waals surface area (Å²) < 4.78 is 0.816. The van der Waals surface area contributed by atoms with Crippen LogP contribution >= 0.6 is 27.5 Å². The zero-order valence-electron chi connectivity index (χ0n) is 13.3. The molecule has 0 spiro atoms. The first-order chi connectivity index (χ1) is 12.6. The van der Waals surface area contributed by atoms with Gasteiger partial charge in [-0.3, -0.25) is 19.5 Å². The zero-order valence-corrected chi connectivity index (χ0v) is 15.6. The molecule has 0 saturated carbocycles. The molecule has 128 valence electrons. The number of imide groups is 1. The second-order valence-corrected chi connectivity index (χ2v) is 6.99. The summed E-state index contributed by atoms with van der Waals surface area (Å²) in [6, 6.07) is 13.3. The van der Waals surface area contributed by atoms with Crippen molar-refractivity contribution in [1.82, 2.24) is 14.9 Å². The Morgan fingerprint density at radius 3 is 2.19 bits per heavy atom. The first-order valence-corrected chi connectivity index (χ1v) is 8.94. The zero-order chi connectivity index (χ0) is 18.3. The third-order valence-electron chi connectivity index (χ3n) is 4.19. The van der Waals surface area contributed by atoms with Gasteiger partial charge in [0.1, 0.15) is 11.7 Å². The molecule has 1 aromatic heterocycles. The molecule has 0 fully saturated rings. The number of rotatable bonds is 3. The Morgan fingerprint density at radius 1 is 0.923 bits per heavy atom. The van der Waals surface area contributed by atoms with E-state index >= 15 is 0 Å². The lowest BCUT2D eigenvalue weighted by Crippen LogP contribution is -2.35. The van der Waals surface area contributed by atoms with E-state index in [-0.39, 0.29) is 17.0 Å². The lowest BCUT2D eigenvalue weighted by atomic mass is 10.0. The number of amides is 2. The van der Waals surface area contributed by atoms with Crippen molar-refractivity contribution in [3.05, 3.63) is 92.9 Å². The van der Waals surface area contributed by atoms with Crippen LogP contribution < -0.4 is 0 Å². The standard InChI is InChI=1S/C19H11BrClN3O2/c20-12-5-3-4-11(10-12)16(15-17(21)23-9-8-22-15)24-18(25)13-6-1-2-7-14(13)19(24)26/h1-10,16H. The van der Waals surface area contributed by atoms with Crippen molar-refractivity contribution in [2.24, 2.45) is 0 Å². The van der Waals surface area contributed by atoms with Gasteiger partial charge in [-0.15, -0.1) is 0 Å². The maximum absolute atomic E-state index is 13.0. The molecule has 0 bridgehead atoms. The summed E-state index contributed by atoms with van der Waals surface area (Å²) in [6.45, 7) is 0. The SMILES string of the molecule is O=C1c2ccccc2C(=O)N1C(c1cccc(Br)c1)c1nccnc1Cl. The highest BCUT2D eigenvalue weighted by Crippen LogP contribution is 2.37. The van der Waals surface area contributed by atoms with E-state index in [1.165, 1.54) is 17.3 Å². The largest absolute Gasteiger partial charge is 0.269 e. The Bertz CT molecular complexity index is 1010. The molecule has 0 saturated heterocycles. The minimum absolute atomic E-state index is 0.147. The first-order valence-electron chi connectivity index (χ1n) is 7.76. The van der Waals surface area contributed by atoms with E-state index in [4.69, 9.17) is 11.6 Å². The number of benzene rings is 2. The third-order valence-corrected chi connectivity index (χ3v) is 4.97. The van der Waals surface area contributed by atoms with Crippen LogP contribution in [0.3, 0.4) is 0 Å². The van der Waals surface area contributed by atoms with Crippen LogP contribution in [0, 0.1) is 0 Å². The van der Waals surface area contributed by atoms with E-state index in [9.17, 15) is 9.59 Å². The summed E-state index contributed by atoms with van der Waals surface area (Å²) in [6.07, 6.45) is 2.95. The molecular formula is C19H11BrClN3O2. The van der Waals surface area contributed by atoms with Crippen molar-refractivity contribution >= 4 is 39.3 Å². The molecule has 1 aliphatic heterocycles. The summed E-state index contributed by atoms with van der Waals surface area (Å²) >= 11 is 9.69. The highest BCUT2D eigenvalue weighted by molar-refractivity contribution is 9.10. The number of hydrogen-bond donors (Lipinski definition) is 0. The summed E-state index contributed by atoms with van der Waals surface area (Å²) in [5.74, 6) is -0.755. The number of aromatic nitrogens is 2. The Labute approximate surface area is 162 Å². The van der Waals surface area contributed by atoms with Crippen molar-refractivity contribution < 1.29 is 9.59 Å². The molecule has 0 N–H and O–H groups in total. The number of carbonyl (C=O) groups excluding carboxylic acids is 2. The average Bonchev–Trinajstić information content (AvgIpc) is 2.89. The average molecular weight is 429 g/mol. The van der Waals surface area contributed by atoms with Crippen molar-refractivity contribution in [3.8, 4) is 0 Å². The van der Waals surface area contributed by atoms with E-state index in [1.807, 2.05) is 24.3 Å². The van der Waals surface area contributed by atoms with Gasteiger partial charge < -0.3 is 0 Å². The Kier molecular flexibility index (Phi) is 4.30. The summed E-state index contributed by atoms with van der Waals surface area (Å²) in [5, 5.41) is 0.147. The van der Waals surface area contributed by atoms with Crippen molar-refractivity contribution in [2.75, 3.05) is 0 Å². The van der Waals surface area contributed by atoms with Gasteiger partial charge in [-0.05, 0) is 29.8 Å². The second-order valence-electron chi connectivity index (χ2n) is 5.72. The van der Waals surface area contributed by atoms with Gasteiger partial charge in [0.15, 0.2) is 5.15 Å². The monoisotopic (exact) mass is 427 g/mol. The fraction of sp³-hybridized carbons (Fsp3) is 0.0526. The minimum atomic E-state index is -0.777. The van der Waals surface area contributed by atoms with Gasteiger partial charge in [0, 0.05) is 16.9 Å². The molecule has 1 atom stereocenters. The summed E-state index contributed by atoms with van der Waals surface area (Å²) in [4.78, 5) is 35.5. The van der Waals surface area contributed by atoms with Crippen molar-refractivity contribution in [3.63, 3.8) is 0 Å². The van der Waals surface area contributed by atoms with Gasteiger partial charge in [0.05, 0.1) is 11.1 Å². The molecule has 1 unspecified atom stereocenters. The topological polar surface area (TPSA) is 63.2 Å². The third kappa shape index (κ3) is 2.71. The Morgan fingerprint density at radius 2 is 1.58 bits per heavy atom. The second kappa shape index (κ2) is 6.63. The van der Waals surface area contributed by atoms with Crippen LogP contribution in [0.1, 0.15) is 38.0 Å². The van der Waals surface area contributed by atoms with Crippen LogP contribution in [0.15, 0.2) is 65.4 Å². The van der Waals surface area contributed by atoms with Crippen LogP contribution in [-0.2, 0) is 0 Å². The molecule has 5 nitrogen and oxygen atoms in total. The van der Waals surface area contributed by atoms with Gasteiger partial charge in [-0.2, -0.15) is 0 Å².